The number of amides is 1. The van der Waals surface area contributed by atoms with Gasteiger partial charge in [-0.1, -0.05) is 26.8 Å². The third kappa shape index (κ3) is 2.89. The van der Waals surface area contributed by atoms with E-state index < -0.39 is 0 Å². The van der Waals surface area contributed by atoms with Gasteiger partial charge >= 0.3 is 0 Å². The Labute approximate surface area is 114 Å². The predicted molar refractivity (Wildman–Crippen MR) is 75.2 cm³/mol. The summed E-state index contributed by atoms with van der Waals surface area (Å²) in [6.07, 6.45) is 0. The minimum atomic E-state index is -0.0845. The number of nitrogens with two attached hydrogens (primary N) is 1. The normalized spacial score (nSPS) is 18.1. The van der Waals surface area contributed by atoms with Crippen LogP contribution in [-0.2, 0) is 0 Å². The molecule has 0 bridgehead atoms. The van der Waals surface area contributed by atoms with Gasteiger partial charge < -0.3 is 15.8 Å². The first-order valence-electron chi connectivity index (χ1n) is 6.81. The van der Waals surface area contributed by atoms with Crippen LogP contribution in [0.25, 0.3) is 0 Å². The van der Waals surface area contributed by atoms with Crippen molar-refractivity contribution >= 4 is 5.91 Å². The highest BCUT2D eigenvalue weighted by molar-refractivity contribution is 5.97. The maximum Gasteiger partial charge on any atom is 0.255 e. The van der Waals surface area contributed by atoms with Crippen LogP contribution >= 0.6 is 0 Å². The zero-order chi connectivity index (χ0) is 14.0. The Morgan fingerprint density at radius 2 is 2.05 bits per heavy atom. The summed E-state index contributed by atoms with van der Waals surface area (Å²) in [7, 11) is 0. The molecule has 104 valence electrons. The van der Waals surface area contributed by atoms with Crippen molar-refractivity contribution in [2.24, 2.45) is 17.6 Å². The van der Waals surface area contributed by atoms with E-state index in [0.29, 0.717) is 36.3 Å². The standard InChI is InChI=1S/C15H22N2O2/c1-9(2)10(3)14(16)11-4-5-13-12(8-11)15(18)17-6-7-19-13/h4-5,8-10,14H,6-7,16H2,1-3H3,(H,17,18). The Bertz CT molecular complexity index is 471. The van der Waals surface area contributed by atoms with Crippen LogP contribution in [0.2, 0.25) is 0 Å². The van der Waals surface area contributed by atoms with E-state index in [0.717, 1.165) is 5.56 Å². The monoisotopic (exact) mass is 262 g/mol. The van der Waals surface area contributed by atoms with Crippen LogP contribution in [0.4, 0.5) is 0 Å². The molecule has 1 amide bonds. The second-order valence-corrected chi connectivity index (χ2v) is 5.49. The molecule has 1 aromatic carbocycles. The lowest BCUT2D eigenvalue weighted by Gasteiger charge is -2.24. The zero-order valence-corrected chi connectivity index (χ0v) is 11.8. The summed E-state index contributed by atoms with van der Waals surface area (Å²) >= 11 is 0. The van der Waals surface area contributed by atoms with Crippen LogP contribution < -0.4 is 15.8 Å². The summed E-state index contributed by atoms with van der Waals surface area (Å²) in [5, 5.41) is 2.81. The van der Waals surface area contributed by atoms with E-state index in [9.17, 15) is 4.79 Å². The second-order valence-electron chi connectivity index (χ2n) is 5.49. The molecular weight excluding hydrogens is 240 g/mol. The van der Waals surface area contributed by atoms with Crippen molar-refractivity contribution in [1.29, 1.82) is 0 Å². The van der Waals surface area contributed by atoms with E-state index >= 15 is 0 Å². The van der Waals surface area contributed by atoms with E-state index in [-0.39, 0.29) is 11.9 Å². The first kappa shape index (κ1) is 13.9. The van der Waals surface area contributed by atoms with Gasteiger partial charge in [-0.25, -0.2) is 0 Å². The number of ether oxygens (including phenoxy) is 1. The first-order valence-corrected chi connectivity index (χ1v) is 6.81. The second kappa shape index (κ2) is 5.61. The minimum absolute atomic E-state index is 0.0682. The summed E-state index contributed by atoms with van der Waals surface area (Å²) in [6, 6.07) is 5.60. The molecule has 1 aliphatic heterocycles. The summed E-state index contributed by atoms with van der Waals surface area (Å²) in [4.78, 5) is 12.0. The van der Waals surface area contributed by atoms with Gasteiger partial charge in [0.1, 0.15) is 12.4 Å². The van der Waals surface area contributed by atoms with Crippen LogP contribution in [0.15, 0.2) is 18.2 Å². The molecule has 3 N–H and O–H groups in total. The Balaban J connectivity index is 2.32. The highest BCUT2D eigenvalue weighted by atomic mass is 16.5. The predicted octanol–water partition coefficient (Wildman–Crippen LogP) is 2.10. The molecule has 0 radical (unpaired) electrons. The van der Waals surface area contributed by atoms with Crippen LogP contribution in [0.5, 0.6) is 5.75 Å². The van der Waals surface area contributed by atoms with Crippen molar-refractivity contribution in [2.75, 3.05) is 13.2 Å². The van der Waals surface area contributed by atoms with Gasteiger partial charge in [0.2, 0.25) is 0 Å². The molecule has 4 heteroatoms. The van der Waals surface area contributed by atoms with Crippen molar-refractivity contribution in [2.45, 2.75) is 26.8 Å². The van der Waals surface area contributed by atoms with E-state index in [4.69, 9.17) is 10.5 Å². The van der Waals surface area contributed by atoms with Crippen molar-refractivity contribution in [3.05, 3.63) is 29.3 Å². The molecule has 1 heterocycles. The summed E-state index contributed by atoms with van der Waals surface area (Å²) < 4.78 is 5.54. The van der Waals surface area contributed by atoms with E-state index in [1.807, 2.05) is 18.2 Å². The third-order valence-electron chi connectivity index (χ3n) is 3.90. The number of carbonyl (C=O) groups is 1. The van der Waals surface area contributed by atoms with Gasteiger partial charge in [-0.05, 0) is 29.5 Å². The molecule has 1 aromatic rings. The number of nitrogens with one attached hydrogen (secondary N) is 1. The van der Waals surface area contributed by atoms with E-state index in [2.05, 4.69) is 26.1 Å². The summed E-state index contributed by atoms with van der Waals surface area (Å²) in [6.45, 7) is 7.50. The maximum atomic E-state index is 12.0. The lowest BCUT2D eigenvalue weighted by Crippen LogP contribution is -2.25. The minimum Gasteiger partial charge on any atom is -0.491 e. The average molecular weight is 262 g/mol. The van der Waals surface area contributed by atoms with Crippen molar-refractivity contribution in [3.63, 3.8) is 0 Å². The van der Waals surface area contributed by atoms with Crippen LogP contribution in [-0.4, -0.2) is 19.1 Å². The van der Waals surface area contributed by atoms with E-state index in [1.54, 1.807) is 0 Å². The highest BCUT2D eigenvalue weighted by Gasteiger charge is 2.22. The lowest BCUT2D eigenvalue weighted by atomic mass is 9.86. The fourth-order valence-electron chi connectivity index (χ4n) is 2.20. The Kier molecular flexibility index (Phi) is 4.10. The van der Waals surface area contributed by atoms with E-state index in [1.165, 1.54) is 0 Å². The molecule has 0 fully saturated rings. The molecule has 2 atom stereocenters. The number of carbonyl (C=O) groups excluding carboxylic acids is 1. The molecular formula is C15H22N2O2. The number of fused-ring (bicyclic) bond motifs is 1. The van der Waals surface area contributed by atoms with Crippen LogP contribution in [0.1, 0.15) is 42.7 Å². The highest BCUT2D eigenvalue weighted by Crippen LogP contribution is 2.29. The molecule has 0 saturated heterocycles. The van der Waals surface area contributed by atoms with Crippen molar-refractivity contribution in [1.82, 2.24) is 5.32 Å². The maximum absolute atomic E-state index is 12.0. The lowest BCUT2D eigenvalue weighted by molar-refractivity contribution is 0.0957. The van der Waals surface area contributed by atoms with Gasteiger partial charge in [0.15, 0.2) is 0 Å². The fourth-order valence-corrected chi connectivity index (χ4v) is 2.20. The number of benzene rings is 1. The summed E-state index contributed by atoms with van der Waals surface area (Å²) in [5.74, 6) is 1.41. The molecule has 0 aliphatic carbocycles. The Morgan fingerprint density at radius 1 is 1.32 bits per heavy atom. The van der Waals surface area contributed by atoms with Crippen LogP contribution in [0, 0.1) is 11.8 Å². The molecule has 19 heavy (non-hydrogen) atoms. The molecule has 0 aromatic heterocycles. The van der Waals surface area contributed by atoms with Gasteiger partial charge in [0, 0.05) is 6.04 Å². The molecule has 4 nitrogen and oxygen atoms in total. The largest absolute Gasteiger partial charge is 0.491 e. The van der Waals surface area contributed by atoms with Crippen molar-refractivity contribution in [3.8, 4) is 5.75 Å². The molecule has 2 unspecified atom stereocenters. The fraction of sp³-hybridized carbons (Fsp3) is 0.533. The summed E-state index contributed by atoms with van der Waals surface area (Å²) in [5.41, 5.74) is 7.86. The zero-order valence-electron chi connectivity index (χ0n) is 11.8. The number of rotatable bonds is 3. The van der Waals surface area contributed by atoms with Gasteiger partial charge in [-0.2, -0.15) is 0 Å². The van der Waals surface area contributed by atoms with Crippen LogP contribution in [0.3, 0.4) is 0 Å². The SMILES string of the molecule is CC(C)C(C)C(N)c1ccc2c(c1)C(=O)NCCO2. The third-order valence-corrected chi connectivity index (χ3v) is 3.90. The Hall–Kier alpha value is -1.55. The molecule has 1 aliphatic rings. The first-order chi connectivity index (χ1) is 9.00. The van der Waals surface area contributed by atoms with Gasteiger partial charge in [-0.15, -0.1) is 0 Å². The quantitative estimate of drug-likeness (QED) is 0.876. The average Bonchev–Trinajstić information content (AvgIpc) is 2.58. The number of hydrogen-bond acceptors (Lipinski definition) is 3. The number of hydrogen-bond donors (Lipinski definition) is 2. The molecule has 2 rings (SSSR count). The Morgan fingerprint density at radius 3 is 2.74 bits per heavy atom. The molecule has 0 spiro atoms. The van der Waals surface area contributed by atoms with Gasteiger partial charge in [0.05, 0.1) is 12.1 Å². The van der Waals surface area contributed by atoms with Crippen molar-refractivity contribution < 1.29 is 9.53 Å². The molecule has 0 saturated carbocycles. The topological polar surface area (TPSA) is 64.4 Å². The smallest absolute Gasteiger partial charge is 0.255 e. The van der Waals surface area contributed by atoms with Gasteiger partial charge in [-0.3, -0.25) is 4.79 Å². The van der Waals surface area contributed by atoms with Gasteiger partial charge in [0.25, 0.3) is 5.91 Å².